The number of halogens is 1. The van der Waals surface area contributed by atoms with Crippen molar-refractivity contribution >= 4 is 11.6 Å². The summed E-state index contributed by atoms with van der Waals surface area (Å²) in [5.74, 6) is -0.670. The summed E-state index contributed by atoms with van der Waals surface area (Å²) in [6, 6.07) is 5.53. The summed E-state index contributed by atoms with van der Waals surface area (Å²) in [7, 11) is 1.53. The summed E-state index contributed by atoms with van der Waals surface area (Å²) in [4.78, 5) is 13.1. The average Bonchev–Trinajstić information content (AvgIpc) is 2.26. The molecule has 0 spiro atoms. The quantitative estimate of drug-likeness (QED) is 0.850. The first-order valence-corrected chi connectivity index (χ1v) is 5.22. The third kappa shape index (κ3) is 2.58. The minimum atomic E-state index is -0.607. The molecule has 4 heteroatoms. The van der Waals surface area contributed by atoms with E-state index in [0.717, 1.165) is 0 Å². The summed E-state index contributed by atoms with van der Waals surface area (Å²) in [6.07, 6.45) is 0. The topological polar surface area (TPSA) is 46.3 Å². The van der Waals surface area contributed by atoms with Gasteiger partial charge in [-0.05, 0) is 18.1 Å². The van der Waals surface area contributed by atoms with Crippen LogP contribution in [-0.2, 0) is 4.79 Å². The lowest BCUT2D eigenvalue weighted by atomic mass is 10.0. The Bertz CT molecular complexity index is 379. The maximum Gasteiger partial charge on any atom is 0.243 e. The van der Waals surface area contributed by atoms with E-state index in [2.05, 4.69) is 0 Å². The SMILES string of the molecule is CC(C)C(N)C(=O)N(C)c1ccccc1F. The van der Waals surface area contributed by atoms with Crippen molar-refractivity contribution in [3.8, 4) is 0 Å². The van der Waals surface area contributed by atoms with Crippen LogP contribution in [-0.4, -0.2) is 19.0 Å². The largest absolute Gasteiger partial charge is 0.320 e. The number of carbonyl (C=O) groups excluding carboxylic acids is 1. The molecule has 16 heavy (non-hydrogen) atoms. The second-order valence-electron chi connectivity index (χ2n) is 4.12. The van der Waals surface area contributed by atoms with Crippen LogP contribution in [0.3, 0.4) is 0 Å². The molecule has 88 valence electrons. The molecule has 0 aliphatic carbocycles. The number of hydrogen-bond acceptors (Lipinski definition) is 2. The molecule has 1 unspecified atom stereocenters. The van der Waals surface area contributed by atoms with E-state index in [0.29, 0.717) is 0 Å². The molecular weight excluding hydrogens is 207 g/mol. The van der Waals surface area contributed by atoms with Gasteiger partial charge in [0.05, 0.1) is 11.7 Å². The van der Waals surface area contributed by atoms with Crippen molar-refractivity contribution in [3.63, 3.8) is 0 Å². The smallest absolute Gasteiger partial charge is 0.243 e. The van der Waals surface area contributed by atoms with Crippen molar-refractivity contribution in [2.75, 3.05) is 11.9 Å². The van der Waals surface area contributed by atoms with Gasteiger partial charge in [0, 0.05) is 7.05 Å². The van der Waals surface area contributed by atoms with E-state index in [1.54, 1.807) is 18.2 Å². The summed E-state index contributed by atoms with van der Waals surface area (Å²) in [5.41, 5.74) is 5.99. The normalized spacial score (nSPS) is 12.6. The Morgan fingerprint density at radius 2 is 1.94 bits per heavy atom. The molecule has 0 fully saturated rings. The van der Waals surface area contributed by atoms with Gasteiger partial charge in [-0.3, -0.25) is 4.79 Å². The van der Waals surface area contributed by atoms with Crippen LogP contribution in [0.15, 0.2) is 24.3 Å². The van der Waals surface area contributed by atoms with E-state index in [4.69, 9.17) is 5.73 Å². The van der Waals surface area contributed by atoms with E-state index >= 15 is 0 Å². The molecule has 0 aliphatic heterocycles. The maximum absolute atomic E-state index is 13.4. The number of likely N-dealkylation sites (N-methyl/N-ethyl adjacent to an activating group) is 1. The Kier molecular flexibility index (Phi) is 4.01. The zero-order valence-electron chi connectivity index (χ0n) is 9.77. The zero-order valence-corrected chi connectivity index (χ0v) is 9.77. The number of benzene rings is 1. The molecule has 1 aromatic rings. The Hall–Kier alpha value is -1.42. The van der Waals surface area contributed by atoms with Crippen molar-refractivity contribution < 1.29 is 9.18 Å². The first kappa shape index (κ1) is 12.6. The van der Waals surface area contributed by atoms with Crippen molar-refractivity contribution in [1.29, 1.82) is 0 Å². The summed E-state index contributed by atoms with van der Waals surface area (Å²) < 4.78 is 13.4. The van der Waals surface area contributed by atoms with Crippen LogP contribution in [0.4, 0.5) is 10.1 Å². The van der Waals surface area contributed by atoms with Gasteiger partial charge in [0.25, 0.3) is 0 Å². The minimum absolute atomic E-state index is 0.0294. The summed E-state index contributed by atoms with van der Waals surface area (Å²) in [5, 5.41) is 0. The minimum Gasteiger partial charge on any atom is -0.320 e. The number of rotatable bonds is 3. The highest BCUT2D eigenvalue weighted by Crippen LogP contribution is 2.18. The molecular formula is C12H17FN2O. The molecule has 2 N–H and O–H groups in total. The highest BCUT2D eigenvalue weighted by molar-refractivity contribution is 5.96. The average molecular weight is 224 g/mol. The fraction of sp³-hybridized carbons (Fsp3) is 0.417. The number of carbonyl (C=O) groups is 1. The van der Waals surface area contributed by atoms with Gasteiger partial charge in [0.15, 0.2) is 0 Å². The Labute approximate surface area is 95.0 Å². The zero-order chi connectivity index (χ0) is 12.3. The first-order chi connectivity index (χ1) is 7.45. The number of hydrogen-bond donors (Lipinski definition) is 1. The molecule has 1 aromatic carbocycles. The fourth-order valence-electron chi connectivity index (χ4n) is 1.35. The van der Waals surface area contributed by atoms with Gasteiger partial charge in [-0.1, -0.05) is 26.0 Å². The molecule has 3 nitrogen and oxygen atoms in total. The van der Waals surface area contributed by atoms with Crippen molar-refractivity contribution in [3.05, 3.63) is 30.1 Å². The lowest BCUT2D eigenvalue weighted by molar-refractivity contribution is -0.120. The second kappa shape index (κ2) is 5.07. The van der Waals surface area contributed by atoms with Crippen molar-refractivity contribution in [2.24, 2.45) is 11.7 Å². The molecule has 1 atom stereocenters. The van der Waals surface area contributed by atoms with Crippen LogP contribution in [0, 0.1) is 11.7 Å². The molecule has 1 rings (SSSR count). The third-order valence-corrected chi connectivity index (χ3v) is 2.55. The highest BCUT2D eigenvalue weighted by atomic mass is 19.1. The number of para-hydroxylation sites is 1. The van der Waals surface area contributed by atoms with Crippen LogP contribution in [0.2, 0.25) is 0 Å². The molecule has 0 radical (unpaired) electrons. The number of anilines is 1. The van der Waals surface area contributed by atoms with E-state index < -0.39 is 11.9 Å². The summed E-state index contributed by atoms with van der Waals surface area (Å²) >= 11 is 0. The Balaban J connectivity index is 2.91. The van der Waals surface area contributed by atoms with Crippen molar-refractivity contribution in [1.82, 2.24) is 0 Å². The van der Waals surface area contributed by atoms with Gasteiger partial charge >= 0.3 is 0 Å². The van der Waals surface area contributed by atoms with E-state index in [1.807, 2.05) is 13.8 Å². The number of nitrogens with two attached hydrogens (primary N) is 1. The van der Waals surface area contributed by atoms with Crippen molar-refractivity contribution in [2.45, 2.75) is 19.9 Å². The molecule has 0 saturated carbocycles. The molecule has 0 saturated heterocycles. The van der Waals surface area contributed by atoms with Gasteiger partial charge in [-0.15, -0.1) is 0 Å². The van der Waals surface area contributed by atoms with E-state index in [1.165, 1.54) is 18.0 Å². The van der Waals surface area contributed by atoms with Crippen LogP contribution >= 0.6 is 0 Å². The number of nitrogens with zero attached hydrogens (tertiary/aromatic N) is 1. The van der Waals surface area contributed by atoms with E-state index in [-0.39, 0.29) is 17.5 Å². The maximum atomic E-state index is 13.4. The standard InChI is InChI=1S/C12H17FN2O/c1-8(2)11(14)12(16)15(3)10-7-5-4-6-9(10)13/h4-8,11H,14H2,1-3H3. The predicted molar refractivity (Wildman–Crippen MR) is 62.6 cm³/mol. The van der Waals surface area contributed by atoms with E-state index in [9.17, 15) is 9.18 Å². The first-order valence-electron chi connectivity index (χ1n) is 5.22. The highest BCUT2D eigenvalue weighted by Gasteiger charge is 2.23. The molecule has 0 aliphatic rings. The van der Waals surface area contributed by atoms with Gasteiger partial charge in [0.2, 0.25) is 5.91 Å². The van der Waals surface area contributed by atoms with Gasteiger partial charge in [0.1, 0.15) is 5.82 Å². The molecule has 0 bridgehead atoms. The monoisotopic (exact) mass is 224 g/mol. The second-order valence-corrected chi connectivity index (χ2v) is 4.12. The molecule has 0 aromatic heterocycles. The Morgan fingerprint density at radius 1 is 1.38 bits per heavy atom. The molecule has 1 amide bonds. The Morgan fingerprint density at radius 3 is 2.44 bits per heavy atom. The third-order valence-electron chi connectivity index (χ3n) is 2.55. The fourth-order valence-corrected chi connectivity index (χ4v) is 1.35. The van der Waals surface area contributed by atoms with Gasteiger partial charge in [-0.25, -0.2) is 4.39 Å². The predicted octanol–water partition coefficient (Wildman–Crippen LogP) is 1.77. The van der Waals surface area contributed by atoms with Gasteiger partial charge in [-0.2, -0.15) is 0 Å². The number of amides is 1. The molecule has 0 heterocycles. The van der Waals surface area contributed by atoms with Crippen LogP contribution < -0.4 is 10.6 Å². The lowest BCUT2D eigenvalue weighted by Gasteiger charge is -2.23. The van der Waals surface area contributed by atoms with Gasteiger partial charge < -0.3 is 10.6 Å². The lowest BCUT2D eigenvalue weighted by Crippen LogP contribution is -2.45. The van der Waals surface area contributed by atoms with Crippen LogP contribution in [0.5, 0.6) is 0 Å². The van der Waals surface area contributed by atoms with Crippen LogP contribution in [0.25, 0.3) is 0 Å². The summed E-state index contributed by atoms with van der Waals surface area (Å²) in [6.45, 7) is 3.72. The van der Waals surface area contributed by atoms with Crippen LogP contribution in [0.1, 0.15) is 13.8 Å².